The highest BCUT2D eigenvalue weighted by Gasteiger charge is 2.12. The first-order chi connectivity index (χ1) is 8.15. The largest absolute Gasteiger partial charge is 0.254 e. The minimum absolute atomic E-state index is 0.990. The predicted molar refractivity (Wildman–Crippen MR) is 71.1 cm³/mol. The Bertz CT molecular complexity index is 545. The van der Waals surface area contributed by atoms with Crippen molar-refractivity contribution < 1.29 is 0 Å². The Morgan fingerprint density at radius 2 is 1.47 bits per heavy atom. The van der Waals surface area contributed by atoms with Crippen molar-refractivity contribution in [1.82, 2.24) is 9.97 Å². The number of rotatable bonds is 2. The Labute approximate surface area is 103 Å². The molecule has 2 aromatic heterocycles. The van der Waals surface area contributed by atoms with Gasteiger partial charge in [-0.1, -0.05) is 6.92 Å². The zero-order valence-electron chi connectivity index (χ0n) is 10.9. The Kier molecular flexibility index (Phi) is 3.23. The Hall–Kier alpha value is -1.70. The molecule has 2 nitrogen and oxygen atoms in total. The molecule has 0 spiro atoms. The van der Waals surface area contributed by atoms with Crippen LogP contribution >= 0.6 is 0 Å². The fraction of sp³-hybridized carbons (Fsp3) is 0.333. The first kappa shape index (κ1) is 11.8. The summed E-state index contributed by atoms with van der Waals surface area (Å²) >= 11 is 0. The van der Waals surface area contributed by atoms with Crippen LogP contribution in [0.25, 0.3) is 11.4 Å². The maximum absolute atomic E-state index is 4.52. The topological polar surface area (TPSA) is 25.8 Å². The Morgan fingerprint density at radius 3 is 2.12 bits per heavy atom. The summed E-state index contributed by atoms with van der Waals surface area (Å²) in [6, 6.07) is 4.10. The van der Waals surface area contributed by atoms with Crippen molar-refractivity contribution in [3.63, 3.8) is 0 Å². The van der Waals surface area contributed by atoms with E-state index in [-0.39, 0.29) is 0 Å². The van der Waals surface area contributed by atoms with E-state index < -0.39 is 0 Å². The van der Waals surface area contributed by atoms with Gasteiger partial charge < -0.3 is 0 Å². The fourth-order valence-electron chi connectivity index (χ4n) is 2.11. The Morgan fingerprint density at radius 1 is 0.882 bits per heavy atom. The maximum atomic E-state index is 4.52. The lowest BCUT2D eigenvalue weighted by molar-refractivity contribution is 1.06. The lowest BCUT2D eigenvalue weighted by Gasteiger charge is -2.12. The van der Waals surface area contributed by atoms with E-state index in [0.29, 0.717) is 0 Å². The average Bonchev–Trinajstić information content (AvgIpc) is 2.32. The number of hydrogen-bond donors (Lipinski definition) is 0. The zero-order valence-corrected chi connectivity index (χ0v) is 10.9. The fourth-order valence-corrected chi connectivity index (χ4v) is 2.11. The molecule has 0 N–H and O–H groups in total. The van der Waals surface area contributed by atoms with Gasteiger partial charge in [-0.3, -0.25) is 9.97 Å². The first-order valence-corrected chi connectivity index (χ1v) is 6.02. The SMILES string of the molecule is CCc1c(C)ccnc1-c1nccc(C)c1C. The second kappa shape index (κ2) is 4.66. The highest BCUT2D eigenvalue weighted by molar-refractivity contribution is 5.64. The van der Waals surface area contributed by atoms with Gasteiger partial charge in [0.1, 0.15) is 0 Å². The number of pyridine rings is 2. The summed E-state index contributed by atoms with van der Waals surface area (Å²) in [4.78, 5) is 9.02. The summed E-state index contributed by atoms with van der Waals surface area (Å²) < 4.78 is 0. The van der Waals surface area contributed by atoms with Crippen molar-refractivity contribution in [1.29, 1.82) is 0 Å². The van der Waals surface area contributed by atoms with E-state index in [1.165, 1.54) is 22.3 Å². The summed E-state index contributed by atoms with van der Waals surface area (Å²) in [6.45, 7) is 8.52. The van der Waals surface area contributed by atoms with Crippen molar-refractivity contribution in [3.8, 4) is 11.4 Å². The second-order valence-corrected chi connectivity index (χ2v) is 4.41. The molecule has 0 aliphatic rings. The van der Waals surface area contributed by atoms with Crippen LogP contribution in [0.2, 0.25) is 0 Å². The van der Waals surface area contributed by atoms with Crippen LogP contribution in [0.3, 0.4) is 0 Å². The smallest absolute Gasteiger partial charge is 0.0923 e. The van der Waals surface area contributed by atoms with E-state index in [2.05, 4.69) is 43.7 Å². The summed E-state index contributed by atoms with van der Waals surface area (Å²) in [6.07, 6.45) is 4.72. The molecule has 0 unspecified atom stereocenters. The van der Waals surface area contributed by atoms with Crippen molar-refractivity contribution in [2.45, 2.75) is 34.1 Å². The molecule has 88 valence electrons. The molecule has 0 aliphatic heterocycles. The molecule has 0 saturated carbocycles. The van der Waals surface area contributed by atoms with Gasteiger partial charge >= 0.3 is 0 Å². The third kappa shape index (κ3) is 2.07. The standard InChI is InChI=1S/C15H18N2/c1-5-13-11(3)7-9-17-15(13)14-12(4)10(2)6-8-16-14/h6-9H,5H2,1-4H3. The molecule has 2 aromatic rings. The van der Waals surface area contributed by atoms with Crippen LogP contribution in [0.15, 0.2) is 24.5 Å². The second-order valence-electron chi connectivity index (χ2n) is 4.41. The van der Waals surface area contributed by atoms with Gasteiger partial charge in [0.15, 0.2) is 0 Å². The molecule has 17 heavy (non-hydrogen) atoms. The van der Waals surface area contributed by atoms with Gasteiger partial charge in [0, 0.05) is 12.4 Å². The number of nitrogens with zero attached hydrogens (tertiary/aromatic N) is 2. The van der Waals surface area contributed by atoms with Crippen LogP contribution in [-0.2, 0) is 6.42 Å². The summed E-state index contributed by atoms with van der Waals surface area (Å²) in [5.41, 5.74) is 7.13. The average molecular weight is 226 g/mol. The number of aryl methyl sites for hydroxylation is 2. The highest BCUT2D eigenvalue weighted by Crippen LogP contribution is 2.26. The maximum Gasteiger partial charge on any atom is 0.0923 e. The third-order valence-corrected chi connectivity index (χ3v) is 3.34. The molecule has 0 radical (unpaired) electrons. The van der Waals surface area contributed by atoms with Gasteiger partial charge in [0.2, 0.25) is 0 Å². The molecule has 0 saturated heterocycles. The molecule has 2 heteroatoms. The van der Waals surface area contributed by atoms with Gasteiger partial charge in [-0.15, -0.1) is 0 Å². The van der Waals surface area contributed by atoms with Crippen LogP contribution < -0.4 is 0 Å². The molecule has 0 bridgehead atoms. The van der Waals surface area contributed by atoms with E-state index >= 15 is 0 Å². The number of aromatic nitrogens is 2. The van der Waals surface area contributed by atoms with Gasteiger partial charge in [-0.25, -0.2) is 0 Å². The molecule has 0 atom stereocenters. The van der Waals surface area contributed by atoms with Crippen molar-refractivity contribution >= 4 is 0 Å². The Balaban J connectivity index is 2.68. The predicted octanol–water partition coefficient (Wildman–Crippen LogP) is 3.63. The molecule has 0 fully saturated rings. The van der Waals surface area contributed by atoms with Crippen molar-refractivity contribution in [2.24, 2.45) is 0 Å². The monoisotopic (exact) mass is 226 g/mol. The number of hydrogen-bond acceptors (Lipinski definition) is 2. The third-order valence-electron chi connectivity index (χ3n) is 3.34. The van der Waals surface area contributed by atoms with Gasteiger partial charge in [0.05, 0.1) is 11.4 Å². The summed E-state index contributed by atoms with van der Waals surface area (Å²) in [5.74, 6) is 0. The molecule has 0 aliphatic carbocycles. The normalized spacial score (nSPS) is 10.6. The van der Waals surface area contributed by atoms with Crippen molar-refractivity contribution in [3.05, 3.63) is 46.8 Å². The quantitative estimate of drug-likeness (QED) is 0.781. The zero-order chi connectivity index (χ0) is 12.4. The van der Waals surface area contributed by atoms with E-state index in [1.807, 2.05) is 18.5 Å². The molecule has 0 aromatic carbocycles. The van der Waals surface area contributed by atoms with E-state index in [4.69, 9.17) is 0 Å². The van der Waals surface area contributed by atoms with Crippen LogP contribution in [-0.4, -0.2) is 9.97 Å². The van der Waals surface area contributed by atoms with E-state index in [1.54, 1.807) is 0 Å². The van der Waals surface area contributed by atoms with Gasteiger partial charge in [0.25, 0.3) is 0 Å². The lowest BCUT2D eigenvalue weighted by atomic mass is 9.99. The first-order valence-electron chi connectivity index (χ1n) is 6.02. The molecular formula is C15H18N2. The van der Waals surface area contributed by atoms with Gasteiger partial charge in [-0.05, 0) is 61.6 Å². The molecule has 2 rings (SSSR count). The summed E-state index contributed by atoms with van der Waals surface area (Å²) in [5, 5.41) is 0. The van der Waals surface area contributed by atoms with Crippen LogP contribution in [0.1, 0.15) is 29.2 Å². The van der Waals surface area contributed by atoms with Crippen molar-refractivity contribution in [2.75, 3.05) is 0 Å². The van der Waals surface area contributed by atoms with Gasteiger partial charge in [-0.2, -0.15) is 0 Å². The minimum atomic E-state index is 0.990. The lowest BCUT2D eigenvalue weighted by Crippen LogP contribution is -1.99. The highest BCUT2D eigenvalue weighted by atomic mass is 14.8. The van der Waals surface area contributed by atoms with Crippen LogP contribution in [0, 0.1) is 20.8 Å². The molecule has 2 heterocycles. The molecule has 0 amide bonds. The van der Waals surface area contributed by atoms with Crippen LogP contribution in [0.5, 0.6) is 0 Å². The minimum Gasteiger partial charge on any atom is -0.254 e. The van der Waals surface area contributed by atoms with E-state index in [0.717, 1.165) is 17.8 Å². The van der Waals surface area contributed by atoms with E-state index in [9.17, 15) is 0 Å². The van der Waals surface area contributed by atoms with Crippen LogP contribution in [0.4, 0.5) is 0 Å². The molecular weight excluding hydrogens is 208 g/mol. The summed E-state index contributed by atoms with van der Waals surface area (Å²) in [7, 11) is 0.